The number of halogens is 1. The first kappa shape index (κ1) is 15.3. The van der Waals surface area contributed by atoms with Crippen LogP contribution in [0.5, 0.6) is 0 Å². The van der Waals surface area contributed by atoms with Crippen molar-refractivity contribution in [3.05, 3.63) is 34.9 Å². The monoisotopic (exact) mass is 295 g/mol. The summed E-state index contributed by atoms with van der Waals surface area (Å²) in [6.45, 7) is 7.44. The van der Waals surface area contributed by atoms with E-state index in [4.69, 9.17) is 11.6 Å². The van der Waals surface area contributed by atoms with Crippen molar-refractivity contribution in [2.24, 2.45) is 5.92 Å². The van der Waals surface area contributed by atoms with Crippen molar-refractivity contribution in [2.75, 3.05) is 13.1 Å². The Labute approximate surface area is 125 Å². The zero-order valence-corrected chi connectivity index (χ0v) is 12.9. The van der Waals surface area contributed by atoms with E-state index in [1.54, 1.807) is 0 Å². The topological polar surface area (TPSA) is 53.2 Å². The molecule has 1 heterocycles. The molecule has 2 rings (SSSR count). The maximum atomic E-state index is 12.5. The number of carbonyl (C=O) groups is 1. The summed E-state index contributed by atoms with van der Waals surface area (Å²) >= 11 is 6.20. The molecule has 0 aliphatic carbocycles. The summed E-state index contributed by atoms with van der Waals surface area (Å²) in [7, 11) is 0. The van der Waals surface area contributed by atoms with Gasteiger partial charge in [0.1, 0.15) is 0 Å². The van der Waals surface area contributed by atoms with Gasteiger partial charge in [0.05, 0.1) is 5.41 Å². The number of hydrogen-bond acceptors (Lipinski definition) is 3. The molecule has 0 bridgehead atoms. The number of hydrogen-bond donors (Lipinski definition) is 3. The van der Waals surface area contributed by atoms with Gasteiger partial charge >= 0.3 is 0 Å². The second-order valence-electron chi connectivity index (χ2n) is 5.89. The van der Waals surface area contributed by atoms with Gasteiger partial charge in [-0.05, 0) is 32.4 Å². The summed E-state index contributed by atoms with van der Waals surface area (Å²) in [6, 6.07) is 7.86. The molecule has 110 valence electrons. The third-order valence-electron chi connectivity index (χ3n) is 4.04. The molecular formula is C15H22ClN3O. The Morgan fingerprint density at radius 3 is 2.75 bits per heavy atom. The summed E-state index contributed by atoms with van der Waals surface area (Å²) in [6.07, 6.45) is 0. The molecule has 0 aromatic heterocycles. The lowest BCUT2D eigenvalue weighted by atomic mass is 9.83. The smallest absolute Gasteiger partial charge is 0.230 e. The Balaban J connectivity index is 2.02. The minimum absolute atomic E-state index is 0.00435. The van der Waals surface area contributed by atoms with Gasteiger partial charge in [0.2, 0.25) is 5.91 Å². The Morgan fingerprint density at radius 1 is 1.45 bits per heavy atom. The largest absolute Gasteiger partial charge is 0.355 e. The lowest BCUT2D eigenvalue weighted by molar-refractivity contribution is -0.125. The third-order valence-corrected chi connectivity index (χ3v) is 4.37. The Bertz CT molecular complexity index is 490. The maximum absolute atomic E-state index is 12.5. The van der Waals surface area contributed by atoms with Crippen molar-refractivity contribution < 1.29 is 4.79 Å². The fourth-order valence-electron chi connectivity index (χ4n) is 2.43. The zero-order valence-electron chi connectivity index (χ0n) is 12.2. The molecule has 0 spiro atoms. The fraction of sp³-hybridized carbons (Fsp3) is 0.533. The van der Waals surface area contributed by atoms with E-state index in [1.807, 2.05) is 38.1 Å². The maximum Gasteiger partial charge on any atom is 0.230 e. The molecule has 0 saturated carbocycles. The van der Waals surface area contributed by atoms with E-state index in [1.165, 1.54) is 0 Å². The van der Waals surface area contributed by atoms with Crippen molar-refractivity contribution in [3.63, 3.8) is 0 Å². The minimum Gasteiger partial charge on any atom is -0.355 e. The molecule has 0 radical (unpaired) electrons. The number of rotatable bonds is 4. The number of hydrazine groups is 1. The van der Waals surface area contributed by atoms with Gasteiger partial charge in [0.15, 0.2) is 0 Å². The van der Waals surface area contributed by atoms with Crippen LogP contribution in [0.25, 0.3) is 0 Å². The second kappa shape index (κ2) is 6.12. The molecule has 1 aromatic carbocycles. The Hall–Kier alpha value is -1.10. The molecule has 1 saturated heterocycles. The van der Waals surface area contributed by atoms with Crippen LogP contribution in [0.3, 0.4) is 0 Å². The van der Waals surface area contributed by atoms with Crippen LogP contribution in [0.2, 0.25) is 5.02 Å². The van der Waals surface area contributed by atoms with Gasteiger partial charge in [-0.1, -0.05) is 29.8 Å². The van der Waals surface area contributed by atoms with Gasteiger partial charge in [0.25, 0.3) is 0 Å². The van der Waals surface area contributed by atoms with Gasteiger partial charge in [0, 0.05) is 30.1 Å². The standard InChI is InChI=1S/C15H22ClN3O/c1-10-11(9-18-19-10)8-17-14(20)15(2,3)12-6-4-5-7-13(12)16/h4-7,10-11,18-19H,8-9H2,1-3H3,(H,17,20). The first-order valence-corrected chi connectivity index (χ1v) is 7.32. The normalized spacial score (nSPS) is 22.8. The van der Waals surface area contributed by atoms with Crippen LogP contribution in [0.1, 0.15) is 26.3 Å². The molecule has 3 N–H and O–H groups in total. The van der Waals surface area contributed by atoms with E-state index >= 15 is 0 Å². The molecule has 5 heteroatoms. The van der Waals surface area contributed by atoms with Crippen LogP contribution in [-0.2, 0) is 10.2 Å². The van der Waals surface area contributed by atoms with E-state index in [9.17, 15) is 4.79 Å². The number of benzene rings is 1. The Kier molecular flexibility index (Phi) is 4.68. The van der Waals surface area contributed by atoms with E-state index < -0.39 is 5.41 Å². The van der Waals surface area contributed by atoms with E-state index in [2.05, 4.69) is 23.1 Å². The number of nitrogens with one attached hydrogen (secondary N) is 3. The highest BCUT2D eigenvalue weighted by molar-refractivity contribution is 6.31. The lowest BCUT2D eigenvalue weighted by Crippen LogP contribution is -2.44. The van der Waals surface area contributed by atoms with Crippen LogP contribution in [-0.4, -0.2) is 25.0 Å². The fourth-order valence-corrected chi connectivity index (χ4v) is 2.80. The summed E-state index contributed by atoms with van der Waals surface area (Å²) in [5, 5.41) is 3.67. The molecule has 1 amide bonds. The van der Waals surface area contributed by atoms with E-state index in [0.29, 0.717) is 23.5 Å². The van der Waals surface area contributed by atoms with Gasteiger partial charge in [-0.25, -0.2) is 0 Å². The van der Waals surface area contributed by atoms with Crippen molar-refractivity contribution in [3.8, 4) is 0 Å². The van der Waals surface area contributed by atoms with Crippen LogP contribution in [0.4, 0.5) is 0 Å². The van der Waals surface area contributed by atoms with Crippen molar-refractivity contribution in [1.82, 2.24) is 16.2 Å². The molecule has 1 aromatic rings. The highest BCUT2D eigenvalue weighted by Crippen LogP contribution is 2.29. The minimum atomic E-state index is -0.638. The first-order chi connectivity index (χ1) is 9.43. The zero-order chi connectivity index (χ0) is 14.8. The third kappa shape index (κ3) is 3.14. The van der Waals surface area contributed by atoms with Crippen LogP contribution >= 0.6 is 11.6 Å². The quantitative estimate of drug-likeness (QED) is 0.794. The van der Waals surface area contributed by atoms with E-state index in [-0.39, 0.29) is 5.91 Å². The molecule has 1 aliphatic rings. The average molecular weight is 296 g/mol. The molecule has 1 fully saturated rings. The highest BCUT2D eigenvalue weighted by atomic mass is 35.5. The van der Waals surface area contributed by atoms with Crippen molar-refractivity contribution in [1.29, 1.82) is 0 Å². The van der Waals surface area contributed by atoms with Gasteiger partial charge in [-0.15, -0.1) is 0 Å². The summed E-state index contributed by atoms with van der Waals surface area (Å²) in [5.41, 5.74) is 6.47. The number of amides is 1. The molecule has 20 heavy (non-hydrogen) atoms. The summed E-state index contributed by atoms with van der Waals surface area (Å²) in [5.74, 6) is 0.408. The predicted octanol–water partition coefficient (Wildman–Crippen LogP) is 1.85. The van der Waals surface area contributed by atoms with E-state index in [0.717, 1.165) is 12.1 Å². The van der Waals surface area contributed by atoms with Crippen molar-refractivity contribution >= 4 is 17.5 Å². The summed E-state index contributed by atoms with van der Waals surface area (Å²) < 4.78 is 0. The average Bonchev–Trinajstić information content (AvgIpc) is 2.81. The highest BCUT2D eigenvalue weighted by Gasteiger charge is 2.32. The predicted molar refractivity (Wildman–Crippen MR) is 81.6 cm³/mol. The molecule has 2 unspecified atom stereocenters. The second-order valence-corrected chi connectivity index (χ2v) is 6.30. The Morgan fingerprint density at radius 2 is 2.15 bits per heavy atom. The molecule has 4 nitrogen and oxygen atoms in total. The van der Waals surface area contributed by atoms with Crippen molar-refractivity contribution in [2.45, 2.75) is 32.2 Å². The van der Waals surface area contributed by atoms with Gasteiger partial charge in [-0.2, -0.15) is 0 Å². The summed E-state index contributed by atoms with van der Waals surface area (Å²) in [4.78, 5) is 12.5. The first-order valence-electron chi connectivity index (χ1n) is 6.94. The van der Waals surface area contributed by atoms with Crippen LogP contribution in [0.15, 0.2) is 24.3 Å². The van der Waals surface area contributed by atoms with Crippen LogP contribution < -0.4 is 16.2 Å². The SMILES string of the molecule is CC1NNCC1CNC(=O)C(C)(C)c1ccccc1Cl. The van der Waals surface area contributed by atoms with Gasteiger partial charge in [-0.3, -0.25) is 15.6 Å². The molecule has 1 aliphatic heterocycles. The lowest BCUT2D eigenvalue weighted by Gasteiger charge is -2.26. The molecule has 2 atom stereocenters. The van der Waals surface area contributed by atoms with Crippen LogP contribution in [0, 0.1) is 5.92 Å². The van der Waals surface area contributed by atoms with Gasteiger partial charge < -0.3 is 5.32 Å². The number of carbonyl (C=O) groups excluding carboxylic acids is 1. The molecular weight excluding hydrogens is 274 g/mol.